The highest BCUT2D eigenvalue weighted by Gasteiger charge is 2.09. The topological polar surface area (TPSA) is 38.3 Å². The fourth-order valence-corrected chi connectivity index (χ4v) is 2.65. The van der Waals surface area contributed by atoms with E-state index in [0.717, 1.165) is 9.32 Å². The monoisotopic (exact) mass is 429 g/mol. The van der Waals surface area contributed by atoms with E-state index in [1.807, 2.05) is 6.07 Å². The van der Waals surface area contributed by atoms with Gasteiger partial charge in [-0.1, -0.05) is 25.4 Å². The van der Waals surface area contributed by atoms with Crippen LogP contribution in [0.25, 0.3) is 0 Å². The molecule has 0 spiro atoms. The van der Waals surface area contributed by atoms with Gasteiger partial charge < -0.3 is 10.1 Å². The standard InChI is InChI=1S/C17H17ClINO2/c1-11(2)10-22-14-6-3-12(4-7-14)17(21)20-16-8-5-13(19)9-15(16)18/h3-9,11H,10H2,1-2H3,(H,20,21). The van der Waals surface area contributed by atoms with Gasteiger partial charge in [0.2, 0.25) is 0 Å². The van der Waals surface area contributed by atoms with Crippen molar-refractivity contribution in [1.29, 1.82) is 0 Å². The summed E-state index contributed by atoms with van der Waals surface area (Å²) in [4.78, 5) is 12.2. The van der Waals surface area contributed by atoms with Gasteiger partial charge in [-0.2, -0.15) is 0 Å². The number of halogens is 2. The third-order valence-electron chi connectivity index (χ3n) is 2.88. The van der Waals surface area contributed by atoms with Crippen molar-refractivity contribution < 1.29 is 9.53 Å². The molecule has 0 aromatic heterocycles. The first kappa shape index (κ1) is 17.1. The molecule has 0 bridgehead atoms. The zero-order valence-corrected chi connectivity index (χ0v) is 15.3. The van der Waals surface area contributed by atoms with E-state index in [1.165, 1.54) is 0 Å². The molecule has 0 aliphatic carbocycles. The highest BCUT2D eigenvalue weighted by Crippen LogP contribution is 2.24. The first-order valence-electron chi connectivity index (χ1n) is 6.95. The summed E-state index contributed by atoms with van der Waals surface area (Å²) in [7, 11) is 0. The number of hydrogen-bond acceptors (Lipinski definition) is 2. The fraction of sp³-hybridized carbons (Fsp3) is 0.235. The summed E-state index contributed by atoms with van der Waals surface area (Å²) < 4.78 is 6.62. The van der Waals surface area contributed by atoms with Crippen molar-refractivity contribution in [2.45, 2.75) is 13.8 Å². The van der Waals surface area contributed by atoms with Crippen molar-refractivity contribution >= 4 is 45.8 Å². The predicted molar refractivity (Wildman–Crippen MR) is 98.9 cm³/mol. The third-order valence-corrected chi connectivity index (χ3v) is 3.86. The molecule has 0 radical (unpaired) electrons. The molecule has 3 nitrogen and oxygen atoms in total. The summed E-state index contributed by atoms with van der Waals surface area (Å²) >= 11 is 8.29. The van der Waals surface area contributed by atoms with Crippen LogP contribution in [0.1, 0.15) is 24.2 Å². The number of anilines is 1. The Labute approximate surface area is 149 Å². The molecule has 22 heavy (non-hydrogen) atoms. The Hall–Kier alpha value is -1.27. The van der Waals surface area contributed by atoms with E-state index in [9.17, 15) is 4.79 Å². The summed E-state index contributed by atoms with van der Waals surface area (Å²) in [5, 5.41) is 3.33. The molecule has 0 atom stereocenters. The molecule has 0 fully saturated rings. The summed E-state index contributed by atoms with van der Waals surface area (Å²) in [6, 6.07) is 12.6. The second-order valence-electron chi connectivity index (χ2n) is 5.31. The van der Waals surface area contributed by atoms with Gasteiger partial charge in [-0.05, 0) is 71.0 Å². The molecule has 0 aliphatic heterocycles. The average molecular weight is 430 g/mol. The van der Waals surface area contributed by atoms with Gasteiger partial charge in [0.05, 0.1) is 17.3 Å². The SMILES string of the molecule is CC(C)COc1ccc(C(=O)Nc2ccc(I)cc2Cl)cc1. The van der Waals surface area contributed by atoms with Crippen molar-refractivity contribution in [2.24, 2.45) is 5.92 Å². The molecular formula is C17H17ClINO2. The summed E-state index contributed by atoms with van der Waals surface area (Å²) in [6.07, 6.45) is 0. The maximum atomic E-state index is 12.2. The van der Waals surface area contributed by atoms with Gasteiger partial charge in [0.1, 0.15) is 5.75 Å². The Kier molecular flexibility index (Phi) is 6.08. The van der Waals surface area contributed by atoms with Crippen LogP contribution in [0.2, 0.25) is 5.02 Å². The van der Waals surface area contributed by atoms with Crippen LogP contribution in [0.15, 0.2) is 42.5 Å². The summed E-state index contributed by atoms with van der Waals surface area (Å²) in [6.45, 7) is 4.84. The van der Waals surface area contributed by atoms with Crippen LogP contribution < -0.4 is 10.1 Å². The Morgan fingerprint density at radius 1 is 1.23 bits per heavy atom. The minimum atomic E-state index is -0.196. The number of nitrogens with one attached hydrogen (secondary N) is 1. The molecule has 0 saturated heterocycles. The van der Waals surface area contributed by atoms with Gasteiger partial charge in [0.25, 0.3) is 5.91 Å². The molecule has 5 heteroatoms. The zero-order valence-electron chi connectivity index (χ0n) is 12.4. The van der Waals surface area contributed by atoms with Gasteiger partial charge in [-0.15, -0.1) is 0 Å². The van der Waals surface area contributed by atoms with Crippen molar-refractivity contribution in [3.63, 3.8) is 0 Å². The van der Waals surface area contributed by atoms with Gasteiger partial charge in [0, 0.05) is 9.13 Å². The lowest BCUT2D eigenvalue weighted by atomic mass is 10.2. The van der Waals surface area contributed by atoms with Gasteiger partial charge in [0.15, 0.2) is 0 Å². The van der Waals surface area contributed by atoms with Crippen LogP contribution in [-0.2, 0) is 0 Å². The van der Waals surface area contributed by atoms with Crippen LogP contribution in [0.4, 0.5) is 5.69 Å². The second kappa shape index (κ2) is 7.83. The predicted octanol–water partition coefficient (Wildman–Crippen LogP) is 5.23. The lowest BCUT2D eigenvalue weighted by Crippen LogP contribution is -2.12. The number of carbonyl (C=O) groups excluding carboxylic acids is 1. The highest BCUT2D eigenvalue weighted by atomic mass is 127. The molecule has 2 rings (SSSR count). The Morgan fingerprint density at radius 2 is 1.91 bits per heavy atom. The van der Waals surface area contributed by atoms with E-state index in [1.54, 1.807) is 36.4 Å². The van der Waals surface area contributed by atoms with Gasteiger partial charge in [-0.25, -0.2) is 0 Å². The molecule has 1 N–H and O–H groups in total. The van der Waals surface area contributed by atoms with Gasteiger partial charge in [-0.3, -0.25) is 4.79 Å². The quantitative estimate of drug-likeness (QED) is 0.661. The van der Waals surface area contributed by atoms with Crippen LogP contribution in [0, 0.1) is 9.49 Å². The molecule has 0 unspecified atom stereocenters. The van der Waals surface area contributed by atoms with E-state index in [4.69, 9.17) is 16.3 Å². The van der Waals surface area contributed by atoms with Crippen LogP contribution in [0.5, 0.6) is 5.75 Å². The molecule has 0 aliphatic rings. The Bertz CT molecular complexity index is 656. The van der Waals surface area contributed by atoms with Crippen molar-refractivity contribution in [2.75, 3.05) is 11.9 Å². The maximum Gasteiger partial charge on any atom is 0.255 e. The molecular weight excluding hydrogens is 413 g/mol. The Morgan fingerprint density at radius 3 is 2.50 bits per heavy atom. The van der Waals surface area contributed by atoms with E-state index in [-0.39, 0.29) is 5.91 Å². The largest absolute Gasteiger partial charge is 0.493 e. The van der Waals surface area contributed by atoms with E-state index in [0.29, 0.717) is 28.8 Å². The number of rotatable bonds is 5. The van der Waals surface area contributed by atoms with E-state index in [2.05, 4.69) is 41.8 Å². The van der Waals surface area contributed by atoms with Crippen LogP contribution >= 0.6 is 34.2 Å². The smallest absolute Gasteiger partial charge is 0.255 e. The summed E-state index contributed by atoms with van der Waals surface area (Å²) in [5.41, 5.74) is 1.17. The normalized spacial score (nSPS) is 10.6. The van der Waals surface area contributed by atoms with Crippen LogP contribution in [0.3, 0.4) is 0 Å². The highest BCUT2D eigenvalue weighted by molar-refractivity contribution is 14.1. The molecule has 0 saturated carbocycles. The number of amides is 1. The number of benzene rings is 2. The summed E-state index contributed by atoms with van der Waals surface area (Å²) in [5.74, 6) is 1.03. The fourth-order valence-electron chi connectivity index (χ4n) is 1.75. The minimum Gasteiger partial charge on any atom is -0.493 e. The lowest BCUT2D eigenvalue weighted by molar-refractivity contribution is 0.102. The van der Waals surface area contributed by atoms with Crippen molar-refractivity contribution in [3.05, 3.63) is 56.6 Å². The Balaban J connectivity index is 2.03. The molecule has 0 heterocycles. The first-order chi connectivity index (χ1) is 10.5. The maximum absolute atomic E-state index is 12.2. The third kappa shape index (κ3) is 4.88. The zero-order chi connectivity index (χ0) is 16.1. The molecule has 2 aromatic rings. The second-order valence-corrected chi connectivity index (χ2v) is 6.96. The average Bonchev–Trinajstić information content (AvgIpc) is 2.48. The number of carbonyl (C=O) groups is 1. The number of ether oxygens (including phenoxy) is 1. The van der Waals surface area contributed by atoms with Crippen LogP contribution in [-0.4, -0.2) is 12.5 Å². The van der Waals surface area contributed by atoms with Gasteiger partial charge >= 0.3 is 0 Å². The van der Waals surface area contributed by atoms with Crippen molar-refractivity contribution in [3.8, 4) is 5.75 Å². The molecule has 116 valence electrons. The van der Waals surface area contributed by atoms with E-state index < -0.39 is 0 Å². The molecule has 2 aromatic carbocycles. The van der Waals surface area contributed by atoms with E-state index >= 15 is 0 Å². The minimum absolute atomic E-state index is 0.196. The number of hydrogen-bond donors (Lipinski definition) is 1. The lowest BCUT2D eigenvalue weighted by Gasteiger charge is -2.10. The van der Waals surface area contributed by atoms with Crippen molar-refractivity contribution in [1.82, 2.24) is 0 Å². The first-order valence-corrected chi connectivity index (χ1v) is 8.40. The molecule has 1 amide bonds.